The van der Waals surface area contributed by atoms with Gasteiger partial charge in [0.1, 0.15) is 12.4 Å². The molecule has 0 spiro atoms. The smallest absolute Gasteiger partial charge is 0.255 e. The van der Waals surface area contributed by atoms with Gasteiger partial charge in [-0.05, 0) is 66.1 Å². The first-order valence-corrected chi connectivity index (χ1v) is 13.3. The maximum Gasteiger partial charge on any atom is 0.255 e. The minimum absolute atomic E-state index is 0.00901. The summed E-state index contributed by atoms with van der Waals surface area (Å²) in [5, 5.41) is 6.56. The second-order valence-electron chi connectivity index (χ2n) is 8.24. The summed E-state index contributed by atoms with van der Waals surface area (Å²) in [7, 11) is -4.01. The van der Waals surface area contributed by atoms with Gasteiger partial charge in [-0.25, -0.2) is 13.8 Å². The minimum Gasteiger partial charge on any atom is -0.490 e. The van der Waals surface area contributed by atoms with Gasteiger partial charge in [-0.1, -0.05) is 43.0 Å². The molecule has 0 aromatic heterocycles. The van der Waals surface area contributed by atoms with Gasteiger partial charge in [0.15, 0.2) is 0 Å². The molecular weight excluding hydrogens is 504 g/mol. The molecule has 3 rings (SSSR count). The fraction of sp³-hybridized carbons (Fsp3) is 0.179. The number of sulfonamides is 1. The monoisotopic (exact) mass is 534 g/mol. The first-order valence-electron chi connectivity index (χ1n) is 11.9. The maximum absolute atomic E-state index is 13.4. The standard InChI is InChI=1S/C28H30N4O5S/c1-3-19-37-26-13-9-24(10-14-26)20-29-31-28(34)21-32(18-17-23-7-5-4-6-8-23)38(35,36)27-15-11-25(12-16-27)30-22(2)33/h3-16,20H,1,17-19,21H2,2H3,(H,30,33)(H,31,34). The highest BCUT2D eigenvalue weighted by atomic mass is 32.2. The zero-order valence-corrected chi connectivity index (χ0v) is 21.9. The number of benzene rings is 3. The summed E-state index contributed by atoms with van der Waals surface area (Å²) in [6.45, 7) is 5.03. The molecule has 0 saturated heterocycles. The van der Waals surface area contributed by atoms with E-state index >= 15 is 0 Å². The molecule has 198 valence electrons. The van der Waals surface area contributed by atoms with Crippen molar-refractivity contribution in [3.05, 3.63) is 103 Å². The Hall–Kier alpha value is -4.28. The van der Waals surface area contributed by atoms with Crippen molar-refractivity contribution in [3.8, 4) is 5.75 Å². The summed E-state index contributed by atoms with van der Waals surface area (Å²) in [6.07, 6.45) is 3.52. The SMILES string of the molecule is C=CCOc1ccc(C=NNC(=O)CN(CCc2ccccc2)S(=O)(=O)c2ccc(NC(C)=O)cc2)cc1. The number of carbonyl (C=O) groups excluding carboxylic acids is 2. The number of rotatable bonds is 13. The van der Waals surface area contributed by atoms with Gasteiger partial charge in [-0.15, -0.1) is 0 Å². The Balaban J connectivity index is 1.70. The van der Waals surface area contributed by atoms with Crippen molar-refractivity contribution >= 4 is 33.7 Å². The molecule has 3 aromatic rings. The number of ether oxygens (including phenoxy) is 1. The second kappa shape index (κ2) is 13.9. The second-order valence-corrected chi connectivity index (χ2v) is 10.2. The van der Waals surface area contributed by atoms with Gasteiger partial charge in [0.25, 0.3) is 5.91 Å². The van der Waals surface area contributed by atoms with Gasteiger partial charge in [0.2, 0.25) is 15.9 Å². The van der Waals surface area contributed by atoms with Crippen molar-refractivity contribution < 1.29 is 22.7 Å². The van der Waals surface area contributed by atoms with E-state index in [-0.39, 0.29) is 17.3 Å². The van der Waals surface area contributed by atoms with E-state index in [1.165, 1.54) is 37.4 Å². The average Bonchev–Trinajstić information content (AvgIpc) is 2.91. The van der Waals surface area contributed by atoms with Gasteiger partial charge in [0, 0.05) is 19.2 Å². The predicted molar refractivity (Wildman–Crippen MR) is 148 cm³/mol. The zero-order chi connectivity index (χ0) is 27.4. The van der Waals surface area contributed by atoms with Crippen LogP contribution in [0.1, 0.15) is 18.1 Å². The summed E-state index contributed by atoms with van der Waals surface area (Å²) in [4.78, 5) is 24.0. The van der Waals surface area contributed by atoms with E-state index in [1.54, 1.807) is 30.3 Å². The summed E-state index contributed by atoms with van der Waals surface area (Å²) in [5.74, 6) is -0.173. The van der Waals surface area contributed by atoms with Crippen LogP contribution in [0.4, 0.5) is 5.69 Å². The average molecular weight is 535 g/mol. The highest BCUT2D eigenvalue weighted by molar-refractivity contribution is 7.89. The van der Waals surface area contributed by atoms with Crippen molar-refractivity contribution in [1.82, 2.24) is 9.73 Å². The minimum atomic E-state index is -4.01. The summed E-state index contributed by atoms with van der Waals surface area (Å²) in [6, 6.07) is 22.3. The molecule has 3 aromatic carbocycles. The van der Waals surface area contributed by atoms with Crippen LogP contribution in [0, 0.1) is 0 Å². The van der Waals surface area contributed by atoms with E-state index in [4.69, 9.17) is 4.74 Å². The lowest BCUT2D eigenvalue weighted by Gasteiger charge is -2.21. The van der Waals surface area contributed by atoms with Gasteiger partial charge >= 0.3 is 0 Å². The van der Waals surface area contributed by atoms with E-state index < -0.39 is 22.5 Å². The molecular formula is C28H30N4O5S. The van der Waals surface area contributed by atoms with Crippen molar-refractivity contribution in [2.24, 2.45) is 5.10 Å². The number of carbonyl (C=O) groups is 2. The Bertz CT molecular complexity index is 1360. The van der Waals surface area contributed by atoms with Crippen molar-refractivity contribution in [1.29, 1.82) is 0 Å². The third-order valence-corrected chi connectivity index (χ3v) is 7.14. The van der Waals surface area contributed by atoms with Crippen LogP contribution >= 0.6 is 0 Å². The van der Waals surface area contributed by atoms with Crippen LogP contribution in [0.25, 0.3) is 0 Å². The summed E-state index contributed by atoms with van der Waals surface area (Å²) >= 11 is 0. The van der Waals surface area contributed by atoms with E-state index in [0.717, 1.165) is 15.4 Å². The van der Waals surface area contributed by atoms with Crippen LogP contribution in [-0.2, 0) is 26.0 Å². The third-order valence-electron chi connectivity index (χ3n) is 5.28. The van der Waals surface area contributed by atoms with Crippen LogP contribution in [0.15, 0.2) is 102 Å². The van der Waals surface area contributed by atoms with E-state index in [1.807, 2.05) is 30.3 Å². The lowest BCUT2D eigenvalue weighted by molar-refractivity contribution is -0.121. The van der Waals surface area contributed by atoms with Crippen molar-refractivity contribution in [2.75, 3.05) is 25.0 Å². The quantitative estimate of drug-likeness (QED) is 0.197. The molecule has 0 aliphatic rings. The lowest BCUT2D eigenvalue weighted by atomic mass is 10.1. The molecule has 2 amide bonds. The fourth-order valence-corrected chi connectivity index (χ4v) is 4.82. The summed E-state index contributed by atoms with van der Waals surface area (Å²) < 4.78 is 33.4. The Morgan fingerprint density at radius 2 is 1.68 bits per heavy atom. The van der Waals surface area contributed by atoms with Crippen molar-refractivity contribution in [2.45, 2.75) is 18.2 Å². The van der Waals surface area contributed by atoms with Crippen LogP contribution in [0.3, 0.4) is 0 Å². The topological polar surface area (TPSA) is 117 Å². The fourth-order valence-electron chi connectivity index (χ4n) is 3.42. The van der Waals surface area contributed by atoms with Gasteiger partial charge in [0.05, 0.1) is 17.7 Å². The molecule has 0 aliphatic heterocycles. The molecule has 0 saturated carbocycles. The normalized spacial score (nSPS) is 11.3. The first kappa shape index (κ1) is 28.3. The number of hydrogen-bond acceptors (Lipinski definition) is 6. The Kier molecular flexibility index (Phi) is 10.3. The Labute approximate surface area is 222 Å². The third kappa shape index (κ3) is 8.68. The van der Waals surface area contributed by atoms with Crippen LogP contribution in [0.2, 0.25) is 0 Å². The number of anilines is 1. The molecule has 0 heterocycles. The lowest BCUT2D eigenvalue weighted by Crippen LogP contribution is -2.40. The first-order chi connectivity index (χ1) is 18.3. The van der Waals surface area contributed by atoms with Crippen LogP contribution < -0.4 is 15.5 Å². The zero-order valence-electron chi connectivity index (χ0n) is 21.0. The molecule has 0 unspecified atom stereocenters. The highest BCUT2D eigenvalue weighted by Crippen LogP contribution is 2.19. The van der Waals surface area contributed by atoms with Gasteiger partial charge < -0.3 is 10.1 Å². The van der Waals surface area contributed by atoms with Crippen LogP contribution in [0.5, 0.6) is 5.75 Å². The Morgan fingerprint density at radius 1 is 1.00 bits per heavy atom. The van der Waals surface area contributed by atoms with E-state index in [9.17, 15) is 18.0 Å². The van der Waals surface area contributed by atoms with E-state index in [0.29, 0.717) is 24.5 Å². The molecule has 10 heteroatoms. The van der Waals surface area contributed by atoms with Crippen LogP contribution in [-0.4, -0.2) is 50.4 Å². The Morgan fingerprint density at radius 3 is 2.32 bits per heavy atom. The molecule has 0 aliphatic carbocycles. The number of amides is 2. The molecule has 0 atom stereocenters. The number of hydrazone groups is 1. The predicted octanol–water partition coefficient (Wildman–Crippen LogP) is 3.59. The maximum atomic E-state index is 13.4. The molecule has 9 nitrogen and oxygen atoms in total. The van der Waals surface area contributed by atoms with E-state index in [2.05, 4.69) is 22.4 Å². The number of nitrogens with zero attached hydrogens (tertiary/aromatic N) is 2. The molecule has 0 radical (unpaired) electrons. The molecule has 0 fully saturated rings. The highest BCUT2D eigenvalue weighted by Gasteiger charge is 2.26. The van der Waals surface area contributed by atoms with Gasteiger partial charge in [-0.3, -0.25) is 9.59 Å². The summed E-state index contributed by atoms with van der Waals surface area (Å²) in [5.41, 5.74) is 4.53. The van der Waals surface area contributed by atoms with Crippen molar-refractivity contribution in [3.63, 3.8) is 0 Å². The van der Waals surface area contributed by atoms with Gasteiger partial charge in [-0.2, -0.15) is 9.41 Å². The number of hydrogen-bond donors (Lipinski definition) is 2. The molecule has 38 heavy (non-hydrogen) atoms. The largest absolute Gasteiger partial charge is 0.490 e. The molecule has 0 bridgehead atoms. The molecule has 2 N–H and O–H groups in total. The number of nitrogens with one attached hydrogen (secondary N) is 2.